The fourth-order valence-electron chi connectivity index (χ4n) is 4.74. The van der Waals surface area contributed by atoms with Crippen molar-refractivity contribution >= 4 is 81.0 Å². The third-order valence-electron chi connectivity index (χ3n) is 6.81. The smallest absolute Gasteiger partial charge is 0.478 e. The van der Waals surface area contributed by atoms with Crippen LogP contribution in [0.3, 0.4) is 0 Å². The van der Waals surface area contributed by atoms with E-state index in [0.717, 1.165) is 18.9 Å². The van der Waals surface area contributed by atoms with Crippen LogP contribution in [0.15, 0.2) is 23.1 Å². The average Bonchev–Trinajstić information content (AvgIpc) is 3.76. The summed E-state index contributed by atoms with van der Waals surface area (Å²) in [6.07, 6.45) is 1.28. The number of fused-ring (bicyclic) bond motifs is 1. The van der Waals surface area contributed by atoms with Crippen molar-refractivity contribution in [2.24, 2.45) is 0 Å². The van der Waals surface area contributed by atoms with Crippen LogP contribution in [0.2, 0.25) is 20.1 Å². The van der Waals surface area contributed by atoms with E-state index < -0.39 is 51.2 Å². The predicted octanol–water partition coefficient (Wildman–Crippen LogP) is 5.81. The quantitative estimate of drug-likeness (QED) is 0.205. The minimum absolute atomic E-state index is 0.0122. The summed E-state index contributed by atoms with van der Waals surface area (Å²) in [6.45, 7) is 0.475. The highest BCUT2D eigenvalue weighted by Gasteiger charge is 2.33. The molecular formula is C25H18Cl4FN3O7. The first-order chi connectivity index (χ1) is 18.9. The lowest BCUT2D eigenvalue weighted by molar-refractivity contribution is 0.0673. The van der Waals surface area contributed by atoms with Crippen LogP contribution in [0.4, 0.5) is 14.9 Å². The van der Waals surface area contributed by atoms with Crippen LogP contribution >= 0.6 is 46.4 Å². The van der Waals surface area contributed by atoms with Crippen molar-refractivity contribution in [3.05, 3.63) is 65.6 Å². The second-order valence-corrected chi connectivity index (χ2v) is 10.8. The van der Waals surface area contributed by atoms with Gasteiger partial charge in [-0.2, -0.15) is 0 Å². The number of pyridine rings is 1. The van der Waals surface area contributed by atoms with Crippen LogP contribution in [0.1, 0.15) is 39.6 Å². The zero-order chi connectivity index (χ0) is 29.0. The van der Waals surface area contributed by atoms with Crippen molar-refractivity contribution in [3.8, 4) is 5.75 Å². The summed E-state index contributed by atoms with van der Waals surface area (Å²) in [7, 11) is 0. The van der Waals surface area contributed by atoms with Crippen molar-refractivity contribution in [1.29, 1.82) is 0 Å². The largest absolute Gasteiger partial charge is 0.511 e. The number of rotatable bonds is 5. The molecule has 1 aliphatic carbocycles. The van der Waals surface area contributed by atoms with E-state index in [-0.39, 0.29) is 58.4 Å². The van der Waals surface area contributed by atoms with E-state index in [9.17, 15) is 24.3 Å². The molecule has 0 atom stereocenters. The monoisotopic (exact) mass is 631 g/mol. The fourth-order valence-corrected chi connectivity index (χ4v) is 5.75. The van der Waals surface area contributed by atoms with E-state index in [4.69, 9.17) is 51.5 Å². The molecule has 1 saturated carbocycles. The number of ether oxygens (including phenoxy) is 1. The molecule has 1 aliphatic heterocycles. The summed E-state index contributed by atoms with van der Waals surface area (Å²) >= 11 is 24.3. The Morgan fingerprint density at radius 1 is 0.900 bits per heavy atom. The highest BCUT2D eigenvalue weighted by atomic mass is 35.5. The number of carboxylic acid groups (broad SMARTS) is 2. The topological polar surface area (TPSA) is 129 Å². The summed E-state index contributed by atoms with van der Waals surface area (Å²) in [4.78, 5) is 52.1. The summed E-state index contributed by atoms with van der Waals surface area (Å²) < 4.78 is 21.7. The SMILES string of the molecule is O=C(O)Oc1cn(C2CC2)c2cc(N3CCN(C(=O)c4c(Cl)c(Cl)c(Cl)c(Cl)c4C(=O)O)CC3)c(F)cc2c1=O. The van der Waals surface area contributed by atoms with Crippen molar-refractivity contribution in [1.82, 2.24) is 9.47 Å². The number of nitrogens with zero attached hydrogens (tertiary/aromatic N) is 3. The second kappa shape index (κ2) is 10.6. The predicted molar refractivity (Wildman–Crippen MR) is 147 cm³/mol. The van der Waals surface area contributed by atoms with Crippen LogP contribution in [-0.2, 0) is 0 Å². The van der Waals surface area contributed by atoms with Gasteiger partial charge in [0.05, 0.1) is 54.0 Å². The van der Waals surface area contributed by atoms with Crippen LogP contribution < -0.4 is 15.1 Å². The Kier molecular flexibility index (Phi) is 7.51. The van der Waals surface area contributed by atoms with Gasteiger partial charge in [0.1, 0.15) is 5.82 Å². The van der Waals surface area contributed by atoms with Gasteiger partial charge in [-0.3, -0.25) is 9.59 Å². The number of aromatic nitrogens is 1. The highest BCUT2D eigenvalue weighted by Crippen LogP contribution is 2.42. The molecule has 2 N–H and O–H groups in total. The van der Waals surface area contributed by atoms with Gasteiger partial charge < -0.3 is 29.3 Å². The minimum Gasteiger partial charge on any atom is -0.478 e. The lowest BCUT2D eigenvalue weighted by Gasteiger charge is -2.36. The lowest BCUT2D eigenvalue weighted by Crippen LogP contribution is -2.49. The molecule has 1 amide bonds. The zero-order valence-electron chi connectivity index (χ0n) is 20.2. The van der Waals surface area contributed by atoms with Gasteiger partial charge in [-0.15, -0.1) is 0 Å². The number of halogens is 5. The van der Waals surface area contributed by atoms with Gasteiger partial charge in [0.2, 0.25) is 5.43 Å². The number of piperazine rings is 1. The summed E-state index contributed by atoms with van der Waals surface area (Å²) in [6, 6.07) is 2.58. The van der Waals surface area contributed by atoms with Gasteiger partial charge in [-0.05, 0) is 25.0 Å². The molecule has 1 saturated heterocycles. The number of carbonyl (C=O) groups excluding carboxylic acids is 1. The van der Waals surface area contributed by atoms with Gasteiger partial charge in [-0.25, -0.2) is 14.0 Å². The van der Waals surface area contributed by atoms with E-state index in [0.29, 0.717) is 5.52 Å². The van der Waals surface area contributed by atoms with Gasteiger partial charge in [0, 0.05) is 32.2 Å². The van der Waals surface area contributed by atoms with Gasteiger partial charge in [-0.1, -0.05) is 46.4 Å². The van der Waals surface area contributed by atoms with Crippen LogP contribution in [0.25, 0.3) is 10.9 Å². The maximum absolute atomic E-state index is 15.3. The molecule has 2 heterocycles. The minimum atomic E-state index is -1.65. The van der Waals surface area contributed by atoms with Crippen LogP contribution in [0.5, 0.6) is 5.75 Å². The van der Waals surface area contributed by atoms with E-state index >= 15 is 4.39 Å². The summed E-state index contributed by atoms with van der Waals surface area (Å²) in [5.74, 6) is -3.36. The van der Waals surface area contributed by atoms with Crippen molar-refractivity contribution in [3.63, 3.8) is 0 Å². The Bertz CT molecular complexity index is 1670. The summed E-state index contributed by atoms with van der Waals surface area (Å²) in [5, 5.41) is 17.3. The number of carbonyl (C=O) groups is 3. The van der Waals surface area contributed by atoms with Crippen molar-refractivity contribution < 1.29 is 33.7 Å². The number of aromatic carboxylic acids is 1. The first-order valence-electron chi connectivity index (χ1n) is 11.8. The molecule has 210 valence electrons. The Hall–Kier alpha value is -3.25. The maximum atomic E-state index is 15.3. The molecular weight excluding hydrogens is 615 g/mol. The molecule has 0 unspecified atom stereocenters. The number of hydrogen-bond acceptors (Lipinski definition) is 6. The number of benzene rings is 2. The average molecular weight is 633 g/mol. The molecule has 2 aromatic carbocycles. The van der Waals surface area contributed by atoms with Crippen molar-refractivity contribution in [2.75, 3.05) is 31.1 Å². The van der Waals surface area contributed by atoms with Gasteiger partial charge >= 0.3 is 12.1 Å². The molecule has 1 aromatic heterocycles. The maximum Gasteiger partial charge on any atom is 0.511 e. The molecule has 0 bridgehead atoms. The first kappa shape index (κ1) is 28.3. The molecule has 40 heavy (non-hydrogen) atoms. The molecule has 0 spiro atoms. The second-order valence-electron chi connectivity index (χ2n) is 9.24. The number of hydrogen-bond donors (Lipinski definition) is 2. The Morgan fingerprint density at radius 3 is 2.05 bits per heavy atom. The number of anilines is 1. The van der Waals surface area contributed by atoms with Crippen LogP contribution in [0, 0.1) is 5.82 Å². The lowest BCUT2D eigenvalue weighted by atomic mass is 10.0. The first-order valence-corrected chi connectivity index (χ1v) is 13.3. The molecule has 0 radical (unpaired) electrons. The molecule has 5 rings (SSSR count). The molecule has 2 aliphatic rings. The van der Waals surface area contributed by atoms with Gasteiger partial charge in [0.15, 0.2) is 5.75 Å². The summed E-state index contributed by atoms with van der Waals surface area (Å²) in [5.41, 5.74) is -1.11. The zero-order valence-corrected chi connectivity index (χ0v) is 23.2. The van der Waals surface area contributed by atoms with E-state index in [2.05, 4.69) is 4.74 Å². The Balaban J connectivity index is 1.45. The standard InChI is InChI=1S/C25H18Cl4FN3O7/c26-18-16(17(24(36)37)19(27)21(29)20(18)28)23(35)32-5-3-31(4-6-32)14-8-13-11(7-12(14)30)22(34)15(40-25(38)39)9-33(13)10-1-2-10/h7-10H,1-6H2,(H,36,37)(H,38,39). The third kappa shape index (κ3) is 4.91. The number of carboxylic acids is 1. The Morgan fingerprint density at radius 2 is 1.50 bits per heavy atom. The molecule has 2 fully saturated rings. The third-order valence-corrected chi connectivity index (χ3v) is 8.61. The van der Waals surface area contributed by atoms with E-state index in [1.165, 1.54) is 17.2 Å². The Labute approximate surface area is 244 Å². The fraction of sp³-hybridized carbons (Fsp3) is 0.280. The molecule has 15 heteroatoms. The van der Waals surface area contributed by atoms with E-state index in [1.807, 2.05) is 0 Å². The van der Waals surface area contributed by atoms with E-state index in [1.54, 1.807) is 9.47 Å². The molecule has 10 nitrogen and oxygen atoms in total. The highest BCUT2D eigenvalue weighted by molar-refractivity contribution is 6.54. The normalized spacial score (nSPS) is 15.4. The van der Waals surface area contributed by atoms with Crippen molar-refractivity contribution in [2.45, 2.75) is 18.9 Å². The number of amides is 1. The van der Waals surface area contributed by atoms with Crippen LogP contribution in [-0.4, -0.2) is 63.9 Å². The molecule has 3 aromatic rings. The van der Waals surface area contributed by atoms with Gasteiger partial charge in [0.25, 0.3) is 5.91 Å².